The van der Waals surface area contributed by atoms with Crippen molar-refractivity contribution in [1.29, 1.82) is 0 Å². The summed E-state index contributed by atoms with van der Waals surface area (Å²) >= 11 is 0. The molecule has 0 bridgehead atoms. The summed E-state index contributed by atoms with van der Waals surface area (Å²) in [5.74, 6) is 0.309. The van der Waals surface area contributed by atoms with Crippen molar-refractivity contribution in [3.8, 4) is 0 Å². The van der Waals surface area contributed by atoms with Gasteiger partial charge in [0.15, 0.2) is 0 Å². The third-order valence-electron chi connectivity index (χ3n) is 4.63. The van der Waals surface area contributed by atoms with Crippen LogP contribution in [0, 0.1) is 11.8 Å². The van der Waals surface area contributed by atoms with E-state index in [0.717, 1.165) is 12.0 Å². The summed E-state index contributed by atoms with van der Waals surface area (Å²) in [5.41, 5.74) is 0.832. The van der Waals surface area contributed by atoms with Crippen molar-refractivity contribution < 1.29 is 9.90 Å². The third-order valence-corrected chi connectivity index (χ3v) is 4.63. The Morgan fingerprint density at radius 2 is 1.91 bits per heavy atom. The molecule has 1 rings (SSSR count). The van der Waals surface area contributed by atoms with Gasteiger partial charge in [0.1, 0.15) is 0 Å². The average Bonchev–Trinajstić information content (AvgIpc) is 2.57. The molecule has 0 aliphatic rings. The average molecular weight is 303 g/mol. The molecular formula is C19H29NO2. The van der Waals surface area contributed by atoms with Crippen LogP contribution in [0.2, 0.25) is 0 Å². The second-order valence-corrected chi connectivity index (χ2v) is 6.06. The van der Waals surface area contributed by atoms with Crippen LogP contribution in [0.15, 0.2) is 43.0 Å². The molecule has 0 aromatic heterocycles. The molecule has 0 saturated carbocycles. The van der Waals surface area contributed by atoms with Crippen molar-refractivity contribution in [3.63, 3.8) is 0 Å². The van der Waals surface area contributed by atoms with E-state index in [1.165, 1.54) is 0 Å². The minimum absolute atomic E-state index is 0.0714. The summed E-state index contributed by atoms with van der Waals surface area (Å²) < 4.78 is 0. The van der Waals surface area contributed by atoms with Crippen LogP contribution in [0.5, 0.6) is 0 Å². The standard InChI is InChI=1S/C19H29NO2/c1-6-11-17(14(3)7-2)19(22)20(5)15(4)18(21)16-12-9-8-10-13-16/h6,8-10,12-15,17-18,21H,1,7,11H2,2-5H3/t14-,15-,17+,18+/m1/s1. The highest BCUT2D eigenvalue weighted by Gasteiger charge is 2.30. The van der Waals surface area contributed by atoms with Crippen molar-refractivity contribution >= 4 is 5.91 Å². The van der Waals surface area contributed by atoms with E-state index in [1.54, 1.807) is 18.0 Å². The van der Waals surface area contributed by atoms with Gasteiger partial charge in [-0.05, 0) is 24.8 Å². The highest BCUT2D eigenvalue weighted by molar-refractivity contribution is 5.79. The fourth-order valence-corrected chi connectivity index (χ4v) is 2.64. The molecule has 1 aromatic rings. The second kappa shape index (κ2) is 8.74. The summed E-state index contributed by atoms with van der Waals surface area (Å²) in [6.07, 6.45) is 2.75. The Morgan fingerprint density at radius 1 is 1.32 bits per heavy atom. The summed E-state index contributed by atoms with van der Waals surface area (Å²) in [5, 5.41) is 10.5. The molecule has 1 amide bonds. The van der Waals surface area contributed by atoms with E-state index in [1.807, 2.05) is 37.3 Å². The number of carbonyl (C=O) groups excluding carboxylic acids is 1. The first-order valence-corrected chi connectivity index (χ1v) is 8.04. The lowest BCUT2D eigenvalue weighted by atomic mass is 9.87. The highest BCUT2D eigenvalue weighted by atomic mass is 16.3. The molecule has 0 aliphatic heterocycles. The van der Waals surface area contributed by atoms with Crippen LogP contribution in [0.3, 0.4) is 0 Å². The van der Waals surface area contributed by atoms with Crippen molar-refractivity contribution in [1.82, 2.24) is 4.90 Å². The lowest BCUT2D eigenvalue weighted by Crippen LogP contribution is -2.43. The number of aliphatic hydroxyl groups excluding tert-OH is 1. The monoisotopic (exact) mass is 303 g/mol. The van der Waals surface area contributed by atoms with E-state index in [2.05, 4.69) is 20.4 Å². The number of hydrogen-bond acceptors (Lipinski definition) is 2. The van der Waals surface area contributed by atoms with E-state index in [9.17, 15) is 9.90 Å². The first kappa shape index (κ1) is 18.4. The number of rotatable bonds is 8. The Labute approximate surface area is 134 Å². The van der Waals surface area contributed by atoms with Crippen LogP contribution in [0.1, 0.15) is 45.3 Å². The van der Waals surface area contributed by atoms with Gasteiger partial charge in [0.25, 0.3) is 0 Å². The lowest BCUT2D eigenvalue weighted by Gasteiger charge is -2.33. The largest absolute Gasteiger partial charge is 0.386 e. The van der Waals surface area contributed by atoms with Crippen LogP contribution < -0.4 is 0 Å². The Kier molecular flexibility index (Phi) is 7.33. The topological polar surface area (TPSA) is 40.5 Å². The lowest BCUT2D eigenvalue weighted by molar-refractivity contribution is -0.140. The number of hydrogen-bond donors (Lipinski definition) is 1. The molecule has 0 aliphatic carbocycles. The molecule has 0 unspecified atom stereocenters. The molecular weight excluding hydrogens is 274 g/mol. The van der Waals surface area contributed by atoms with Gasteiger partial charge in [0, 0.05) is 13.0 Å². The summed E-state index contributed by atoms with van der Waals surface area (Å²) in [4.78, 5) is 14.5. The second-order valence-electron chi connectivity index (χ2n) is 6.06. The maximum Gasteiger partial charge on any atom is 0.226 e. The number of allylic oxidation sites excluding steroid dienone is 1. The number of amides is 1. The van der Waals surface area contributed by atoms with Crippen molar-refractivity contribution in [2.45, 2.75) is 45.8 Å². The van der Waals surface area contributed by atoms with Gasteiger partial charge >= 0.3 is 0 Å². The zero-order chi connectivity index (χ0) is 16.7. The zero-order valence-corrected chi connectivity index (χ0v) is 14.2. The molecule has 0 spiro atoms. The van der Waals surface area contributed by atoms with Crippen molar-refractivity contribution in [2.75, 3.05) is 7.05 Å². The molecule has 1 aromatic carbocycles. The normalized spacial score (nSPS) is 16.4. The van der Waals surface area contributed by atoms with Crippen LogP contribution in [-0.2, 0) is 4.79 Å². The van der Waals surface area contributed by atoms with Crippen molar-refractivity contribution in [2.24, 2.45) is 11.8 Å². The Bertz CT molecular complexity index is 472. The van der Waals surface area contributed by atoms with E-state index in [-0.39, 0.29) is 17.9 Å². The molecule has 0 saturated heterocycles. The maximum atomic E-state index is 12.8. The molecule has 3 nitrogen and oxygen atoms in total. The first-order valence-electron chi connectivity index (χ1n) is 8.04. The third kappa shape index (κ3) is 4.44. The predicted octanol–water partition coefficient (Wildman–Crippen LogP) is 3.81. The van der Waals surface area contributed by atoms with Gasteiger partial charge in [-0.25, -0.2) is 0 Å². The highest BCUT2D eigenvalue weighted by Crippen LogP contribution is 2.26. The predicted molar refractivity (Wildman–Crippen MR) is 91.4 cm³/mol. The molecule has 122 valence electrons. The summed E-state index contributed by atoms with van der Waals surface area (Å²) in [6.45, 7) is 9.84. The minimum atomic E-state index is -0.684. The minimum Gasteiger partial charge on any atom is -0.386 e. The Balaban J connectivity index is 2.85. The molecule has 0 heterocycles. The van der Waals surface area contributed by atoms with Crippen molar-refractivity contribution in [3.05, 3.63) is 48.6 Å². The summed E-state index contributed by atoms with van der Waals surface area (Å²) in [6, 6.07) is 9.20. The first-order chi connectivity index (χ1) is 10.4. The van der Waals surface area contributed by atoms with E-state index in [4.69, 9.17) is 0 Å². The van der Waals surface area contributed by atoms with Gasteiger partial charge in [-0.2, -0.15) is 0 Å². The quantitative estimate of drug-likeness (QED) is 0.742. The molecule has 0 fully saturated rings. The fraction of sp³-hybridized carbons (Fsp3) is 0.526. The summed E-state index contributed by atoms with van der Waals surface area (Å²) in [7, 11) is 1.78. The van der Waals surface area contributed by atoms with Crippen LogP contribution >= 0.6 is 0 Å². The molecule has 0 radical (unpaired) electrons. The smallest absolute Gasteiger partial charge is 0.226 e. The van der Waals surface area contributed by atoms with E-state index >= 15 is 0 Å². The van der Waals surface area contributed by atoms with E-state index < -0.39 is 6.10 Å². The molecule has 22 heavy (non-hydrogen) atoms. The SMILES string of the molecule is C=CC[C@H](C(=O)N(C)[C@H](C)[C@H](O)c1ccccc1)[C@H](C)CC. The van der Waals surface area contributed by atoms with Gasteiger partial charge in [-0.15, -0.1) is 6.58 Å². The molecule has 3 heteroatoms. The zero-order valence-electron chi connectivity index (χ0n) is 14.2. The van der Waals surface area contributed by atoms with Gasteiger partial charge < -0.3 is 10.0 Å². The van der Waals surface area contributed by atoms with Gasteiger partial charge in [0.05, 0.1) is 12.1 Å². The van der Waals surface area contributed by atoms with E-state index in [0.29, 0.717) is 12.3 Å². The van der Waals surface area contributed by atoms with Crippen LogP contribution in [0.4, 0.5) is 0 Å². The molecule has 1 N–H and O–H groups in total. The number of carbonyl (C=O) groups is 1. The van der Waals surface area contributed by atoms with Gasteiger partial charge in [-0.1, -0.05) is 56.7 Å². The molecule has 4 atom stereocenters. The van der Waals surface area contributed by atoms with Gasteiger partial charge in [0.2, 0.25) is 5.91 Å². The number of benzene rings is 1. The number of nitrogens with zero attached hydrogens (tertiary/aromatic N) is 1. The Hall–Kier alpha value is -1.61. The number of likely N-dealkylation sites (N-methyl/N-ethyl adjacent to an activating group) is 1. The van der Waals surface area contributed by atoms with Crippen LogP contribution in [0.25, 0.3) is 0 Å². The number of aliphatic hydroxyl groups is 1. The fourth-order valence-electron chi connectivity index (χ4n) is 2.64. The Morgan fingerprint density at radius 3 is 2.41 bits per heavy atom. The van der Waals surface area contributed by atoms with Gasteiger partial charge in [-0.3, -0.25) is 4.79 Å². The van der Waals surface area contributed by atoms with Crippen LogP contribution in [-0.4, -0.2) is 29.0 Å². The maximum absolute atomic E-state index is 12.8.